The molecule has 0 aliphatic rings. The molecular weight excluding hydrogens is 354 g/mol. The van der Waals surface area contributed by atoms with Crippen LogP contribution in [0.2, 0.25) is 0 Å². The predicted octanol–water partition coefficient (Wildman–Crippen LogP) is 3.70. The number of nitrogens with one attached hydrogen (secondary N) is 1. The Morgan fingerprint density at radius 3 is 2.61 bits per heavy atom. The number of amides is 1. The van der Waals surface area contributed by atoms with Crippen LogP contribution in [0.5, 0.6) is 5.75 Å². The Labute approximate surface area is 165 Å². The van der Waals surface area contributed by atoms with Gasteiger partial charge < -0.3 is 14.8 Å². The van der Waals surface area contributed by atoms with Crippen molar-refractivity contribution in [3.63, 3.8) is 0 Å². The van der Waals surface area contributed by atoms with Crippen LogP contribution in [-0.2, 0) is 4.74 Å². The number of aromatic nitrogens is 2. The molecule has 146 valence electrons. The van der Waals surface area contributed by atoms with E-state index < -0.39 is 0 Å². The van der Waals surface area contributed by atoms with Crippen LogP contribution in [0, 0.1) is 0 Å². The van der Waals surface area contributed by atoms with Crippen molar-refractivity contribution < 1.29 is 14.3 Å². The molecule has 0 bridgehead atoms. The number of ether oxygens (including phenoxy) is 2. The fourth-order valence-electron chi connectivity index (χ4n) is 2.91. The number of rotatable bonds is 9. The van der Waals surface area contributed by atoms with Gasteiger partial charge >= 0.3 is 0 Å². The highest BCUT2D eigenvalue weighted by atomic mass is 16.5. The quantitative estimate of drug-likeness (QED) is 0.576. The number of methoxy groups -OCH3 is 1. The summed E-state index contributed by atoms with van der Waals surface area (Å²) in [6, 6.07) is 17.3. The molecule has 0 saturated heterocycles. The van der Waals surface area contributed by atoms with E-state index in [1.807, 2.05) is 61.5 Å². The number of hydrogen-bond donors (Lipinski definition) is 1. The Morgan fingerprint density at radius 2 is 1.86 bits per heavy atom. The Morgan fingerprint density at radius 1 is 1.11 bits per heavy atom. The lowest BCUT2D eigenvalue weighted by Gasteiger charge is -2.08. The van der Waals surface area contributed by atoms with Crippen molar-refractivity contribution in [2.75, 3.05) is 26.9 Å². The van der Waals surface area contributed by atoms with E-state index >= 15 is 0 Å². The third kappa shape index (κ3) is 4.58. The van der Waals surface area contributed by atoms with E-state index in [0.29, 0.717) is 36.8 Å². The van der Waals surface area contributed by atoms with Crippen LogP contribution in [0.1, 0.15) is 23.7 Å². The maximum Gasteiger partial charge on any atom is 0.255 e. The van der Waals surface area contributed by atoms with Crippen LogP contribution in [0.15, 0.2) is 60.8 Å². The van der Waals surface area contributed by atoms with Crippen molar-refractivity contribution in [1.82, 2.24) is 15.1 Å². The molecule has 6 heteroatoms. The summed E-state index contributed by atoms with van der Waals surface area (Å²) in [6.45, 7) is 3.80. The van der Waals surface area contributed by atoms with Crippen LogP contribution in [-0.4, -0.2) is 42.6 Å². The van der Waals surface area contributed by atoms with Gasteiger partial charge in [-0.25, -0.2) is 4.68 Å². The zero-order chi connectivity index (χ0) is 19.8. The second kappa shape index (κ2) is 9.71. The molecule has 2 aromatic carbocycles. The molecule has 1 amide bonds. The molecule has 3 rings (SSSR count). The van der Waals surface area contributed by atoms with Crippen molar-refractivity contribution in [3.05, 3.63) is 66.4 Å². The molecule has 1 aromatic heterocycles. The third-order valence-corrected chi connectivity index (χ3v) is 4.30. The molecule has 1 heterocycles. The lowest BCUT2D eigenvalue weighted by molar-refractivity contribution is 0.0945. The van der Waals surface area contributed by atoms with Crippen LogP contribution in [0.3, 0.4) is 0 Å². The van der Waals surface area contributed by atoms with Gasteiger partial charge in [0.25, 0.3) is 5.91 Å². The average molecular weight is 379 g/mol. The topological polar surface area (TPSA) is 65.4 Å². The lowest BCUT2D eigenvalue weighted by atomic mass is 10.1. The van der Waals surface area contributed by atoms with Gasteiger partial charge in [-0.3, -0.25) is 4.79 Å². The molecule has 28 heavy (non-hydrogen) atoms. The third-order valence-electron chi connectivity index (χ3n) is 4.30. The Balaban J connectivity index is 1.93. The summed E-state index contributed by atoms with van der Waals surface area (Å²) in [5, 5.41) is 7.65. The Kier molecular flexibility index (Phi) is 6.81. The summed E-state index contributed by atoms with van der Waals surface area (Å²) in [4.78, 5) is 12.9. The first kappa shape index (κ1) is 19.6. The number of para-hydroxylation sites is 2. The number of hydrogen-bond acceptors (Lipinski definition) is 4. The van der Waals surface area contributed by atoms with Crippen molar-refractivity contribution >= 4 is 5.91 Å². The molecular formula is C22H25N3O3. The highest BCUT2D eigenvalue weighted by molar-refractivity contribution is 6.00. The fraction of sp³-hybridized carbons (Fsp3) is 0.273. The van der Waals surface area contributed by atoms with E-state index in [-0.39, 0.29) is 5.91 Å². The molecule has 0 atom stereocenters. The van der Waals surface area contributed by atoms with Crippen LogP contribution < -0.4 is 10.1 Å². The molecule has 1 N–H and O–H groups in total. The number of nitrogens with zero attached hydrogens (tertiary/aromatic N) is 2. The van der Waals surface area contributed by atoms with Crippen molar-refractivity contribution in [1.29, 1.82) is 0 Å². The smallest absolute Gasteiger partial charge is 0.255 e. The molecule has 0 aliphatic heterocycles. The minimum absolute atomic E-state index is 0.167. The second-order valence-corrected chi connectivity index (χ2v) is 6.18. The fourth-order valence-corrected chi connectivity index (χ4v) is 2.91. The van der Waals surface area contributed by atoms with Crippen molar-refractivity contribution in [3.8, 4) is 22.7 Å². The summed E-state index contributed by atoms with van der Waals surface area (Å²) in [5.74, 6) is 0.505. The first-order valence-electron chi connectivity index (χ1n) is 9.39. The van der Waals surface area contributed by atoms with Gasteiger partial charge in [0.1, 0.15) is 11.4 Å². The SMILES string of the molecule is CCOCCCNC(=O)c1cn(-c2ccccc2)nc1-c1ccccc1OC. The average Bonchev–Trinajstić information content (AvgIpc) is 3.19. The zero-order valence-electron chi connectivity index (χ0n) is 16.2. The van der Waals surface area contributed by atoms with Gasteiger partial charge in [0.15, 0.2) is 0 Å². The monoisotopic (exact) mass is 379 g/mol. The number of carbonyl (C=O) groups excluding carboxylic acids is 1. The van der Waals surface area contributed by atoms with Crippen LogP contribution in [0.4, 0.5) is 0 Å². The molecule has 0 spiro atoms. The van der Waals surface area contributed by atoms with Gasteiger partial charge in [-0.05, 0) is 37.6 Å². The first-order chi connectivity index (χ1) is 13.7. The normalized spacial score (nSPS) is 10.6. The van der Waals surface area contributed by atoms with Gasteiger partial charge in [-0.2, -0.15) is 5.10 Å². The van der Waals surface area contributed by atoms with Gasteiger partial charge in [0, 0.05) is 31.5 Å². The van der Waals surface area contributed by atoms with E-state index in [1.54, 1.807) is 18.0 Å². The van der Waals surface area contributed by atoms with Crippen LogP contribution in [0.25, 0.3) is 16.9 Å². The Hall–Kier alpha value is -3.12. The number of carbonyl (C=O) groups is 1. The summed E-state index contributed by atoms with van der Waals surface area (Å²) < 4.78 is 12.5. The highest BCUT2D eigenvalue weighted by Crippen LogP contribution is 2.31. The second-order valence-electron chi connectivity index (χ2n) is 6.18. The lowest BCUT2D eigenvalue weighted by Crippen LogP contribution is -2.25. The molecule has 0 unspecified atom stereocenters. The summed E-state index contributed by atoms with van der Waals surface area (Å²) >= 11 is 0. The van der Waals surface area contributed by atoms with E-state index in [2.05, 4.69) is 10.4 Å². The standard InChI is InChI=1S/C22H25N3O3/c1-3-28-15-9-14-23-22(26)19-16-25(17-10-5-4-6-11-17)24-21(19)18-12-7-8-13-20(18)27-2/h4-8,10-13,16H,3,9,14-15H2,1-2H3,(H,23,26). The zero-order valence-corrected chi connectivity index (χ0v) is 16.2. The van der Waals surface area contributed by atoms with E-state index in [9.17, 15) is 4.79 Å². The van der Waals surface area contributed by atoms with Gasteiger partial charge in [-0.1, -0.05) is 30.3 Å². The predicted molar refractivity (Wildman–Crippen MR) is 109 cm³/mol. The molecule has 3 aromatic rings. The molecule has 0 fully saturated rings. The maximum absolute atomic E-state index is 12.9. The van der Waals surface area contributed by atoms with E-state index in [0.717, 1.165) is 17.7 Å². The minimum atomic E-state index is -0.167. The largest absolute Gasteiger partial charge is 0.496 e. The Bertz CT molecular complexity index is 906. The van der Waals surface area contributed by atoms with Gasteiger partial charge in [0.2, 0.25) is 0 Å². The maximum atomic E-state index is 12.9. The summed E-state index contributed by atoms with van der Waals surface area (Å²) in [6.07, 6.45) is 2.52. The van der Waals surface area contributed by atoms with E-state index in [4.69, 9.17) is 9.47 Å². The van der Waals surface area contributed by atoms with Crippen LogP contribution >= 0.6 is 0 Å². The summed E-state index contributed by atoms with van der Waals surface area (Å²) in [5.41, 5.74) is 2.75. The highest BCUT2D eigenvalue weighted by Gasteiger charge is 2.20. The van der Waals surface area contributed by atoms with E-state index in [1.165, 1.54) is 0 Å². The van der Waals surface area contributed by atoms with Gasteiger partial charge in [-0.15, -0.1) is 0 Å². The minimum Gasteiger partial charge on any atom is -0.496 e. The first-order valence-corrected chi connectivity index (χ1v) is 9.39. The van der Waals surface area contributed by atoms with Gasteiger partial charge in [0.05, 0.1) is 18.4 Å². The van der Waals surface area contributed by atoms with Crippen molar-refractivity contribution in [2.45, 2.75) is 13.3 Å². The molecule has 0 saturated carbocycles. The molecule has 6 nitrogen and oxygen atoms in total. The molecule has 0 radical (unpaired) electrons. The van der Waals surface area contributed by atoms with Crippen molar-refractivity contribution in [2.24, 2.45) is 0 Å². The summed E-state index contributed by atoms with van der Waals surface area (Å²) in [7, 11) is 1.61. The number of benzene rings is 2. The molecule has 0 aliphatic carbocycles.